The average molecular weight is 229 g/mol. The third-order valence-electron chi connectivity index (χ3n) is 1.88. The third-order valence-corrected chi connectivity index (χ3v) is 3.55. The van der Waals surface area contributed by atoms with Crippen LogP contribution < -0.4 is 5.32 Å². The van der Waals surface area contributed by atoms with Gasteiger partial charge >= 0.3 is 0 Å². The van der Waals surface area contributed by atoms with Crippen molar-refractivity contribution in [1.82, 2.24) is 5.32 Å². The van der Waals surface area contributed by atoms with Crippen molar-refractivity contribution in [2.45, 2.75) is 19.4 Å². The molecule has 1 rings (SSSR count). The summed E-state index contributed by atoms with van der Waals surface area (Å²) in [7, 11) is 0. The fraction of sp³-hybridized carbons (Fsp3) is 0.500. The summed E-state index contributed by atoms with van der Waals surface area (Å²) in [6.45, 7) is 2.02. The topological polar surface area (TPSA) is 29.1 Å². The molecule has 0 fully saturated rings. The van der Waals surface area contributed by atoms with Gasteiger partial charge in [-0.2, -0.15) is 11.8 Å². The number of carbonyl (C=O) groups excluding carboxylic acids is 1. The molecule has 0 aliphatic rings. The zero-order chi connectivity index (χ0) is 10.4. The van der Waals surface area contributed by atoms with Gasteiger partial charge in [0.05, 0.1) is 6.04 Å². The Morgan fingerprint density at radius 1 is 1.71 bits per heavy atom. The third kappa shape index (κ3) is 3.72. The first-order valence-electron chi connectivity index (χ1n) is 4.55. The van der Waals surface area contributed by atoms with Gasteiger partial charge in [0.2, 0.25) is 5.91 Å². The van der Waals surface area contributed by atoms with Crippen LogP contribution in [-0.2, 0) is 4.79 Å². The van der Waals surface area contributed by atoms with Crippen LogP contribution in [0.1, 0.15) is 24.3 Å². The predicted molar refractivity (Wildman–Crippen MR) is 63.9 cm³/mol. The average Bonchev–Trinajstić information content (AvgIpc) is 2.67. The molecular formula is C10H15NOS2. The van der Waals surface area contributed by atoms with E-state index >= 15 is 0 Å². The van der Waals surface area contributed by atoms with Crippen LogP contribution >= 0.6 is 23.1 Å². The van der Waals surface area contributed by atoms with E-state index in [0.717, 1.165) is 5.75 Å². The molecule has 1 amide bonds. The van der Waals surface area contributed by atoms with Crippen LogP contribution in [0, 0.1) is 0 Å². The molecule has 0 bridgehead atoms. The van der Waals surface area contributed by atoms with Crippen molar-refractivity contribution in [1.29, 1.82) is 0 Å². The second kappa shape index (κ2) is 6.09. The normalized spacial score (nSPS) is 12.4. The van der Waals surface area contributed by atoms with E-state index < -0.39 is 0 Å². The lowest BCUT2D eigenvalue weighted by Crippen LogP contribution is -2.26. The van der Waals surface area contributed by atoms with Gasteiger partial charge in [-0.05, 0) is 24.6 Å². The fourth-order valence-corrected chi connectivity index (χ4v) is 2.24. The Morgan fingerprint density at radius 3 is 3.07 bits per heavy atom. The molecule has 1 aromatic heterocycles. The summed E-state index contributed by atoms with van der Waals surface area (Å²) in [4.78, 5) is 12.6. The van der Waals surface area contributed by atoms with Crippen LogP contribution in [0.5, 0.6) is 0 Å². The zero-order valence-electron chi connectivity index (χ0n) is 8.45. The summed E-state index contributed by atoms with van der Waals surface area (Å²) >= 11 is 3.37. The quantitative estimate of drug-likeness (QED) is 0.841. The van der Waals surface area contributed by atoms with Gasteiger partial charge in [0, 0.05) is 17.1 Å². The summed E-state index contributed by atoms with van der Waals surface area (Å²) in [5, 5.41) is 5.00. The number of thiophene rings is 1. The number of hydrogen-bond acceptors (Lipinski definition) is 3. The van der Waals surface area contributed by atoms with E-state index in [-0.39, 0.29) is 11.9 Å². The van der Waals surface area contributed by atoms with Gasteiger partial charge in [-0.25, -0.2) is 0 Å². The molecule has 14 heavy (non-hydrogen) atoms. The predicted octanol–water partition coefficient (Wildman–Crippen LogP) is 2.68. The molecule has 0 saturated carbocycles. The molecule has 1 aromatic rings. The second-order valence-electron chi connectivity index (χ2n) is 3.05. The standard InChI is InChI=1S/C10H15NOS2/c1-8(9-4-3-6-14-9)11-10(12)5-7-13-2/h3-4,6,8H,5,7H2,1-2H3,(H,11,12). The van der Waals surface area contributed by atoms with E-state index in [4.69, 9.17) is 0 Å². The minimum atomic E-state index is 0.139. The van der Waals surface area contributed by atoms with Gasteiger partial charge < -0.3 is 5.32 Å². The molecule has 4 heteroatoms. The highest BCUT2D eigenvalue weighted by Gasteiger charge is 2.09. The molecule has 0 saturated heterocycles. The highest BCUT2D eigenvalue weighted by molar-refractivity contribution is 7.98. The minimum absolute atomic E-state index is 0.139. The maximum Gasteiger partial charge on any atom is 0.221 e. The molecule has 1 atom stereocenters. The molecule has 78 valence electrons. The Bertz CT molecular complexity index is 272. The molecule has 1 unspecified atom stereocenters. The van der Waals surface area contributed by atoms with Crippen LogP contribution in [-0.4, -0.2) is 17.9 Å². The molecule has 0 aromatic carbocycles. The summed E-state index contributed by atoms with van der Waals surface area (Å²) in [5.74, 6) is 1.03. The number of nitrogens with one attached hydrogen (secondary N) is 1. The first kappa shape index (κ1) is 11.6. The van der Waals surface area contributed by atoms with Gasteiger partial charge in [0.15, 0.2) is 0 Å². The van der Waals surface area contributed by atoms with Crippen LogP contribution in [0.15, 0.2) is 17.5 Å². The molecule has 0 aliphatic carbocycles. The zero-order valence-corrected chi connectivity index (χ0v) is 10.1. The Labute approximate surface area is 93.1 Å². The van der Waals surface area contributed by atoms with Crippen LogP contribution in [0.25, 0.3) is 0 Å². The van der Waals surface area contributed by atoms with Crippen molar-refractivity contribution in [3.05, 3.63) is 22.4 Å². The molecule has 0 spiro atoms. The monoisotopic (exact) mass is 229 g/mol. The molecule has 2 nitrogen and oxygen atoms in total. The van der Waals surface area contributed by atoms with Crippen molar-refractivity contribution in [3.63, 3.8) is 0 Å². The molecule has 1 N–H and O–H groups in total. The summed E-state index contributed by atoms with van der Waals surface area (Å²) in [5.41, 5.74) is 0. The largest absolute Gasteiger partial charge is 0.349 e. The van der Waals surface area contributed by atoms with Gasteiger partial charge in [-0.15, -0.1) is 11.3 Å². The SMILES string of the molecule is CSCCC(=O)NC(C)c1cccs1. The van der Waals surface area contributed by atoms with Crippen molar-refractivity contribution in [3.8, 4) is 0 Å². The maximum absolute atomic E-state index is 11.4. The lowest BCUT2D eigenvalue weighted by Gasteiger charge is -2.11. The molecule has 1 heterocycles. The van der Waals surface area contributed by atoms with Crippen molar-refractivity contribution < 1.29 is 4.79 Å². The van der Waals surface area contributed by atoms with E-state index in [1.807, 2.05) is 30.7 Å². The Hall–Kier alpha value is -0.480. The number of carbonyl (C=O) groups is 1. The number of rotatable bonds is 5. The lowest BCUT2D eigenvalue weighted by atomic mass is 10.2. The first-order chi connectivity index (χ1) is 6.74. The van der Waals surface area contributed by atoms with Gasteiger partial charge in [0.25, 0.3) is 0 Å². The fourth-order valence-electron chi connectivity index (χ4n) is 1.12. The Balaban J connectivity index is 2.33. The highest BCUT2D eigenvalue weighted by Crippen LogP contribution is 2.18. The second-order valence-corrected chi connectivity index (χ2v) is 5.01. The van der Waals surface area contributed by atoms with Crippen LogP contribution in [0.4, 0.5) is 0 Å². The van der Waals surface area contributed by atoms with E-state index in [2.05, 4.69) is 5.32 Å². The first-order valence-corrected chi connectivity index (χ1v) is 6.83. The van der Waals surface area contributed by atoms with E-state index in [0.29, 0.717) is 6.42 Å². The smallest absolute Gasteiger partial charge is 0.221 e. The van der Waals surface area contributed by atoms with Gasteiger partial charge in [0.1, 0.15) is 0 Å². The van der Waals surface area contributed by atoms with Crippen molar-refractivity contribution in [2.75, 3.05) is 12.0 Å². The van der Waals surface area contributed by atoms with Gasteiger partial charge in [-0.3, -0.25) is 4.79 Å². The summed E-state index contributed by atoms with van der Waals surface area (Å²) < 4.78 is 0. The van der Waals surface area contributed by atoms with Crippen LogP contribution in [0.2, 0.25) is 0 Å². The summed E-state index contributed by atoms with van der Waals surface area (Å²) in [6, 6.07) is 4.19. The number of thioether (sulfide) groups is 1. The number of hydrogen-bond donors (Lipinski definition) is 1. The summed E-state index contributed by atoms with van der Waals surface area (Å²) in [6.07, 6.45) is 2.62. The molecule has 0 radical (unpaired) electrons. The van der Waals surface area contributed by atoms with Crippen molar-refractivity contribution in [2.24, 2.45) is 0 Å². The van der Waals surface area contributed by atoms with E-state index in [1.54, 1.807) is 23.1 Å². The Kier molecular flexibility index (Phi) is 5.04. The maximum atomic E-state index is 11.4. The van der Waals surface area contributed by atoms with Crippen molar-refractivity contribution >= 4 is 29.0 Å². The molecular weight excluding hydrogens is 214 g/mol. The highest BCUT2D eigenvalue weighted by atomic mass is 32.2. The molecule has 0 aliphatic heterocycles. The Morgan fingerprint density at radius 2 is 2.50 bits per heavy atom. The lowest BCUT2D eigenvalue weighted by molar-refractivity contribution is -0.121. The van der Waals surface area contributed by atoms with Gasteiger partial charge in [-0.1, -0.05) is 6.07 Å². The minimum Gasteiger partial charge on any atom is -0.349 e. The number of amides is 1. The van der Waals surface area contributed by atoms with Crippen LogP contribution in [0.3, 0.4) is 0 Å². The van der Waals surface area contributed by atoms with E-state index in [9.17, 15) is 4.79 Å². The van der Waals surface area contributed by atoms with E-state index in [1.165, 1.54) is 4.88 Å².